The number of aryl methyl sites for hydroxylation is 1. The predicted octanol–water partition coefficient (Wildman–Crippen LogP) is 3.17. The summed E-state index contributed by atoms with van der Waals surface area (Å²) in [6.07, 6.45) is 1.90. The van der Waals surface area contributed by atoms with Crippen LogP contribution >= 0.6 is 0 Å². The van der Waals surface area contributed by atoms with E-state index in [4.69, 9.17) is 4.74 Å². The highest BCUT2D eigenvalue weighted by Crippen LogP contribution is 2.29. The maximum atomic E-state index is 12.9. The Kier molecular flexibility index (Phi) is 5.84. The fraction of sp³-hybridized carbons (Fsp3) is 0.375. The molecule has 30 heavy (non-hydrogen) atoms. The molecule has 2 aromatic carbocycles. The number of hydrogen-bond acceptors (Lipinski definition) is 4. The number of hydrogen-bond donors (Lipinski definition) is 1. The molecule has 0 spiro atoms. The first kappa shape index (κ1) is 20.1. The van der Waals surface area contributed by atoms with Gasteiger partial charge in [0, 0.05) is 30.3 Å². The summed E-state index contributed by atoms with van der Waals surface area (Å²) < 4.78 is 5.65. The number of nitrogens with zero attached hydrogens (tertiary/aromatic N) is 1. The summed E-state index contributed by atoms with van der Waals surface area (Å²) in [5, 5.41) is 2.91. The van der Waals surface area contributed by atoms with Crippen molar-refractivity contribution in [3.63, 3.8) is 0 Å². The average molecular weight is 406 g/mol. The van der Waals surface area contributed by atoms with E-state index in [1.807, 2.05) is 30.3 Å². The Labute approximate surface area is 176 Å². The number of ether oxygens (including phenoxy) is 1. The molecule has 2 fully saturated rings. The molecule has 1 saturated carbocycles. The molecule has 1 aliphatic heterocycles. The van der Waals surface area contributed by atoms with Gasteiger partial charge in [-0.05, 0) is 37.0 Å². The molecule has 1 aliphatic carbocycles. The van der Waals surface area contributed by atoms with Crippen LogP contribution in [0.4, 0.5) is 5.69 Å². The molecule has 2 atom stereocenters. The van der Waals surface area contributed by atoms with Crippen LogP contribution in [-0.2, 0) is 25.5 Å². The maximum absolute atomic E-state index is 12.9. The van der Waals surface area contributed by atoms with E-state index in [0.29, 0.717) is 5.56 Å². The van der Waals surface area contributed by atoms with Gasteiger partial charge >= 0.3 is 5.97 Å². The van der Waals surface area contributed by atoms with Crippen molar-refractivity contribution in [3.8, 4) is 0 Å². The van der Waals surface area contributed by atoms with Gasteiger partial charge in [-0.2, -0.15) is 0 Å². The van der Waals surface area contributed by atoms with Crippen molar-refractivity contribution in [1.82, 2.24) is 5.32 Å². The normalized spacial score (nSPS) is 19.4. The second-order valence-corrected chi connectivity index (χ2v) is 7.94. The van der Waals surface area contributed by atoms with Crippen LogP contribution in [0.5, 0.6) is 0 Å². The van der Waals surface area contributed by atoms with Crippen LogP contribution < -0.4 is 10.2 Å². The molecule has 1 heterocycles. The largest absolute Gasteiger partial charge is 0.447 e. The van der Waals surface area contributed by atoms with Gasteiger partial charge in [-0.25, -0.2) is 0 Å². The van der Waals surface area contributed by atoms with E-state index in [1.54, 1.807) is 29.2 Å². The topological polar surface area (TPSA) is 75.7 Å². The second kappa shape index (κ2) is 8.69. The number of carbonyl (C=O) groups is 3. The standard InChI is InChI=1S/C24H26N2O4/c1-2-16-8-12-20(13-9-16)26-15-18(14-21(26)27)24(29)30-22(17-6-4-3-5-7-17)23(28)25-19-10-11-19/h3-9,12-13,18-19,22H,2,10-11,14-15H2,1H3,(H,25,28)/t18-,22+/m1/s1. The average Bonchev–Trinajstić information content (AvgIpc) is 3.50. The molecule has 0 radical (unpaired) electrons. The molecule has 2 aromatic rings. The fourth-order valence-electron chi connectivity index (χ4n) is 3.64. The summed E-state index contributed by atoms with van der Waals surface area (Å²) in [5.41, 5.74) is 2.59. The Morgan fingerprint density at radius 1 is 1.10 bits per heavy atom. The molecule has 0 unspecified atom stereocenters. The van der Waals surface area contributed by atoms with Gasteiger partial charge in [-0.3, -0.25) is 14.4 Å². The van der Waals surface area contributed by atoms with Crippen molar-refractivity contribution in [2.24, 2.45) is 5.92 Å². The van der Waals surface area contributed by atoms with Crippen molar-refractivity contribution in [2.75, 3.05) is 11.4 Å². The summed E-state index contributed by atoms with van der Waals surface area (Å²) >= 11 is 0. The maximum Gasteiger partial charge on any atom is 0.312 e. The molecular formula is C24H26N2O4. The third kappa shape index (κ3) is 4.53. The highest BCUT2D eigenvalue weighted by atomic mass is 16.5. The number of esters is 1. The number of amides is 2. The van der Waals surface area contributed by atoms with Crippen molar-refractivity contribution in [1.29, 1.82) is 0 Å². The van der Waals surface area contributed by atoms with Gasteiger partial charge in [0.15, 0.2) is 0 Å². The number of rotatable bonds is 7. The first-order chi connectivity index (χ1) is 14.5. The zero-order valence-corrected chi connectivity index (χ0v) is 17.0. The number of benzene rings is 2. The second-order valence-electron chi connectivity index (χ2n) is 7.94. The van der Waals surface area contributed by atoms with Gasteiger partial charge < -0.3 is 15.0 Å². The quantitative estimate of drug-likeness (QED) is 0.717. The molecule has 4 rings (SSSR count). The Bertz CT molecular complexity index is 922. The van der Waals surface area contributed by atoms with Crippen LogP contribution in [0.15, 0.2) is 54.6 Å². The summed E-state index contributed by atoms with van der Waals surface area (Å²) in [6, 6.07) is 16.9. The van der Waals surface area contributed by atoms with Crippen molar-refractivity contribution >= 4 is 23.5 Å². The van der Waals surface area contributed by atoms with Crippen molar-refractivity contribution in [2.45, 2.75) is 44.8 Å². The monoisotopic (exact) mass is 406 g/mol. The highest BCUT2D eigenvalue weighted by Gasteiger charge is 2.39. The van der Waals surface area contributed by atoms with Crippen LogP contribution in [-0.4, -0.2) is 30.4 Å². The minimum Gasteiger partial charge on any atom is -0.447 e. The van der Waals surface area contributed by atoms with Gasteiger partial charge in [-0.1, -0.05) is 49.4 Å². The minimum absolute atomic E-state index is 0.0834. The first-order valence-electron chi connectivity index (χ1n) is 10.5. The zero-order chi connectivity index (χ0) is 21.1. The Morgan fingerprint density at radius 3 is 2.43 bits per heavy atom. The van der Waals surface area contributed by atoms with E-state index >= 15 is 0 Å². The molecule has 2 aliphatic rings. The highest BCUT2D eigenvalue weighted by molar-refractivity contribution is 5.99. The molecule has 6 nitrogen and oxygen atoms in total. The predicted molar refractivity (Wildman–Crippen MR) is 113 cm³/mol. The zero-order valence-electron chi connectivity index (χ0n) is 17.0. The van der Waals surface area contributed by atoms with Gasteiger partial charge in [0.2, 0.25) is 12.0 Å². The van der Waals surface area contributed by atoms with Gasteiger partial charge in [-0.15, -0.1) is 0 Å². The van der Waals surface area contributed by atoms with Gasteiger partial charge in [0.1, 0.15) is 0 Å². The van der Waals surface area contributed by atoms with Crippen LogP contribution in [0, 0.1) is 5.92 Å². The number of nitrogens with one attached hydrogen (secondary N) is 1. The molecule has 156 valence electrons. The summed E-state index contributed by atoms with van der Waals surface area (Å²) in [5.74, 6) is -1.53. The molecule has 0 aromatic heterocycles. The first-order valence-corrected chi connectivity index (χ1v) is 10.5. The van der Waals surface area contributed by atoms with E-state index in [9.17, 15) is 14.4 Å². The summed E-state index contributed by atoms with van der Waals surface area (Å²) in [6.45, 7) is 2.33. The van der Waals surface area contributed by atoms with Crippen LogP contribution in [0.3, 0.4) is 0 Å². The molecular weight excluding hydrogens is 380 g/mol. The Balaban J connectivity index is 1.45. The lowest BCUT2D eigenvalue weighted by atomic mass is 10.1. The molecule has 6 heteroatoms. The lowest BCUT2D eigenvalue weighted by Crippen LogP contribution is -2.35. The number of carbonyl (C=O) groups excluding carboxylic acids is 3. The minimum atomic E-state index is -1.01. The third-order valence-electron chi connectivity index (χ3n) is 5.61. The summed E-state index contributed by atoms with van der Waals surface area (Å²) in [7, 11) is 0. The van der Waals surface area contributed by atoms with E-state index < -0.39 is 18.0 Å². The molecule has 1 saturated heterocycles. The smallest absolute Gasteiger partial charge is 0.312 e. The van der Waals surface area contributed by atoms with Crippen molar-refractivity contribution < 1.29 is 19.1 Å². The Hall–Kier alpha value is -3.15. The lowest BCUT2D eigenvalue weighted by molar-refractivity contribution is -0.160. The fourth-order valence-corrected chi connectivity index (χ4v) is 3.64. The van der Waals surface area contributed by atoms with Crippen LogP contribution in [0.25, 0.3) is 0 Å². The molecule has 0 bridgehead atoms. The van der Waals surface area contributed by atoms with E-state index in [0.717, 1.165) is 24.9 Å². The van der Waals surface area contributed by atoms with Crippen LogP contribution in [0.2, 0.25) is 0 Å². The van der Waals surface area contributed by atoms with Gasteiger partial charge in [0.25, 0.3) is 5.91 Å². The third-order valence-corrected chi connectivity index (χ3v) is 5.61. The van der Waals surface area contributed by atoms with Crippen LogP contribution in [0.1, 0.15) is 43.4 Å². The van der Waals surface area contributed by atoms with E-state index in [2.05, 4.69) is 12.2 Å². The van der Waals surface area contributed by atoms with Gasteiger partial charge in [0.05, 0.1) is 5.92 Å². The van der Waals surface area contributed by atoms with E-state index in [1.165, 1.54) is 5.56 Å². The Morgan fingerprint density at radius 2 is 1.80 bits per heavy atom. The van der Waals surface area contributed by atoms with Crippen molar-refractivity contribution in [3.05, 3.63) is 65.7 Å². The van der Waals surface area contributed by atoms with E-state index in [-0.39, 0.29) is 30.8 Å². The lowest BCUT2D eigenvalue weighted by Gasteiger charge is -2.20. The SMILES string of the molecule is CCc1ccc(N2C[C@H](C(=O)O[C@H](C(=O)NC3CC3)c3ccccc3)CC2=O)cc1. The molecule has 1 N–H and O–H groups in total. The number of anilines is 1. The summed E-state index contributed by atoms with van der Waals surface area (Å²) in [4.78, 5) is 39.7. The molecule has 2 amide bonds.